The molecule has 0 radical (unpaired) electrons. The Morgan fingerprint density at radius 2 is 2.11 bits per heavy atom. The number of nitrogens with one attached hydrogen (secondary N) is 1. The summed E-state index contributed by atoms with van der Waals surface area (Å²) >= 11 is 5.92. The van der Waals surface area contributed by atoms with Crippen LogP contribution < -0.4 is 5.73 Å². The first-order valence-electron chi connectivity index (χ1n) is 5.74. The fourth-order valence-electron chi connectivity index (χ4n) is 2.05. The Morgan fingerprint density at radius 1 is 1.32 bits per heavy atom. The third-order valence-corrected chi connectivity index (χ3v) is 3.23. The summed E-state index contributed by atoms with van der Waals surface area (Å²) < 4.78 is 5.32. The molecule has 0 spiro atoms. The first kappa shape index (κ1) is 11.9. The molecule has 0 unspecified atom stereocenters. The van der Waals surface area contributed by atoms with E-state index in [1.807, 2.05) is 0 Å². The highest BCUT2D eigenvalue weighted by Crippen LogP contribution is 2.29. The number of carbonyl (C=O) groups is 1. The SMILES string of the molecule is Cc1ccc(C(=O)c2[nH]c3cc(Cl)ccc3c2N)o1. The summed E-state index contributed by atoms with van der Waals surface area (Å²) in [5.41, 5.74) is 7.46. The van der Waals surface area contributed by atoms with E-state index in [2.05, 4.69) is 4.98 Å². The van der Waals surface area contributed by atoms with Crippen molar-refractivity contribution in [3.63, 3.8) is 0 Å². The van der Waals surface area contributed by atoms with Crippen molar-refractivity contribution in [1.29, 1.82) is 0 Å². The van der Waals surface area contributed by atoms with Gasteiger partial charge < -0.3 is 15.1 Å². The van der Waals surface area contributed by atoms with Gasteiger partial charge in [-0.25, -0.2) is 0 Å². The molecule has 2 heterocycles. The highest BCUT2D eigenvalue weighted by molar-refractivity contribution is 6.31. The maximum Gasteiger partial charge on any atom is 0.246 e. The Hall–Kier alpha value is -2.20. The topological polar surface area (TPSA) is 72.0 Å². The van der Waals surface area contributed by atoms with Crippen LogP contribution in [0, 0.1) is 6.92 Å². The number of aryl methyl sites for hydroxylation is 1. The van der Waals surface area contributed by atoms with Crippen LogP contribution in [0.4, 0.5) is 5.69 Å². The van der Waals surface area contributed by atoms with Crippen LogP contribution in [0.15, 0.2) is 34.7 Å². The second-order valence-corrected chi connectivity index (χ2v) is 4.78. The Labute approximate surface area is 114 Å². The molecule has 0 atom stereocenters. The van der Waals surface area contributed by atoms with E-state index in [1.165, 1.54) is 0 Å². The largest absolute Gasteiger partial charge is 0.458 e. The summed E-state index contributed by atoms with van der Waals surface area (Å²) in [6, 6.07) is 8.63. The number of H-pyrrole nitrogens is 1. The van der Waals surface area contributed by atoms with Crippen LogP contribution in [0.3, 0.4) is 0 Å². The minimum atomic E-state index is -0.266. The number of nitrogen functional groups attached to an aromatic ring is 1. The maximum absolute atomic E-state index is 12.3. The van der Waals surface area contributed by atoms with Crippen molar-refractivity contribution in [2.24, 2.45) is 0 Å². The van der Waals surface area contributed by atoms with Crippen molar-refractivity contribution in [2.75, 3.05) is 5.73 Å². The zero-order chi connectivity index (χ0) is 13.6. The summed E-state index contributed by atoms with van der Waals surface area (Å²) in [5.74, 6) is 0.681. The van der Waals surface area contributed by atoms with Crippen molar-refractivity contribution >= 4 is 34.0 Å². The maximum atomic E-state index is 12.3. The van der Waals surface area contributed by atoms with Crippen LogP contribution in [0.1, 0.15) is 22.0 Å². The van der Waals surface area contributed by atoms with Crippen LogP contribution in [-0.4, -0.2) is 10.8 Å². The number of ketones is 1. The highest BCUT2D eigenvalue weighted by atomic mass is 35.5. The first-order valence-corrected chi connectivity index (χ1v) is 6.12. The fourth-order valence-corrected chi connectivity index (χ4v) is 2.22. The van der Waals surface area contributed by atoms with Crippen LogP contribution in [0.5, 0.6) is 0 Å². The van der Waals surface area contributed by atoms with Gasteiger partial charge in [-0.15, -0.1) is 0 Å². The number of hydrogen-bond donors (Lipinski definition) is 2. The van der Waals surface area contributed by atoms with Gasteiger partial charge in [0.1, 0.15) is 11.5 Å². The molecule has 19 heavy (non-hydrogen) atoms. The monoisotopic (exact) mass is 274 g/mol. The van der Waals surface area contributed by atoms with Gasteiger partial charge in [0, 0.05) is 15.9 Å². The molecule has 96 valence electrons. The van der Waals surface area contributed by atoms with Crippen LogP contribution in [-0.2, 0) is 0 Å². The number of furan rings is 1. The van der Waals surface area contributed by atoms with Gasteiger partial charge in [0.2, 0.25) is 5.78 Å². The van der Waals surface area contributed by atoms with Crippen molar-refractivity contribution in [2.45, 2.75) is 6.92 Å². The molecule has 0 aliphatic heterocycles. The zero-order valence-electron chi connectivity index (χ0n) is 10.2. The van der Waals surface area contributed by atoms with Crippen molar-refractivity contribution < 1.29 is 9.21 Å². The average molecular weight is 275 g/mol. The van der Waals surface area contributed by atoms with E-state index in [-0.39, 0.29) is 11.5 Å². The molecule has 3 aromatic rings. The fraction of sp³-hybridized carbons (Fsp3) is 0.0714. The lowest BCUT2D eigenvalue weighted by Gasteiger charge is -1.96. The Bertz CT molecular complexity index is 786. The standard InChI is InChI=1S/C14H11ClN2O2/c1-7-2-5-11(19-7)14(18)13-12(16)9-4-3-8(15)6-10(9)17-13/h2-6,17H,16H2,1H3. The van der Waals surface area contributed by atoms with Crippen molar-refractivity contribution in [3.8, 4) is 0 Å². The number of nitrogens with two attached hydrogens (primary N) is 1. The van der Waals surface area contributed by atoms with E-state index in [1.54, 1.807) is 37.3 Å². The molecule has 0 aliphatic carbocycles. The average Bonchev–Trinajstić information content (AvgIpc) is 2.93. The van der Waals surface area contributed by atoms with Crippen LogP contribution in [0.2, 0.25) is 5.02 Å². The molecule has 1 aromatic carbocycles. The summed E-state index contributed by atoms with van der Waals surface area (Å²) in [5, 5.41) is 1.36. The van der Waals surface area contributed by atoms with Crippen LogP contribution >= 0.6 is 11.6 Å². The molecule has 3 rings (SSSR count). The van der Waals surface area contributed by atoms with Crippen molar-refractivity contribution in [1.82, 2.24) is 4.98 Å². The predicted octanol–water partition coefficient (Wildman–Crippen LogP) is 3.54. The second kappa shape index (κ2) is 4.17. The summed E-state index contributed by atoms with van der Waals surface area (Å²) in [6.07, 6.45) is 0. The van der Waals surface area contributed by atoms with E-state index >= 15 is 0 Å². The molecule has 3 N–H and O–H groups in total. The molecule has 2 aromatic heterocycles. The molecule has 0 amide bonds. The second-order valence-electron chi connectivity index (χ2n) is 4.34. The molecular weight excluding hydrogens is 264 g/mol. The number of benzene rings is 1. The number of carbonyl (C=O) groups excluding carboxylic acids is 1. The Balaban J connectivity index is 2.15. The Kier molecular flexibility index (Phi) is 2.61. The number of aromatic nitrogens is 1. The molecule has 0 fully saturated rings. The molecule has 5 heteroatoms. The van der Waals surface area contributed by atoms with Gasteiger partial charge in [0.05, 0.1) is 5.69 Å². The van der Waals surface area contributed by atoms with Gasteiger partial charge >= 0.3 is 0 Å². The van der Waals surface area contributed by atoms with Gasteiger partial charge in [-0.1, -0.05) is 11.6 Å². The molecular formula is C14H11ClN2O2. The molecule has 0 saturated carbocycles. The van der Waals surface area contributed by atoms with E-state index in [0.29, 0.717) is 22.2 Å². The lowest BCUT2D eigenvalue weighted by atomic mass is 10.1. The summed E-state index contributed by atoms with van der Waals surface area (Å²) in [6.45, 7) is 1.78. The summed E-state index contributed by atoms with van der Waals surface area (Å²) in [4.78, 5) is 15.3. The van der Waals surface area contributed by atoms with E-state index in [9.17, 15) is 4.79 Å². The van der Waals surface area contributed by atoms with E-state index in [4.69, 9.17) is 21.8 Å². The van der Waals surface area contributed by atoms with Gasteiger partial charge in [0.25, 0.3) is 0 Å². The van der Waals surface area contributed by atoms with Gasteiger partial charge in [-0.2, -0.15) is 0 Å². The van der Waals surface area contributed by atoms with Crippen molar-refractivity contribution in [3.05, 3.63) is 52.6 Å². The molecule has 4 nitrogen and oxygen atoms in total. The third-order valence-electron chi connectivity index (χ3n) is 2.99. The van der Waals surface area contributed by atoms with Gasteiger partial charge in [0.15, 0.2) is 5.76 Å². The van der Waals surface area contributed by atoms with Gasteiger partial charge in [-0.05, 0) is 37.3 Å². The Morgan fingerprint density at radius 3 is 2.79 bits per heavy atom. The molecule has 0 bridgehead atoms. The number of halogens is 1. The first-order chi connectivity index (χ1) is 9.06. The molecule has 0 saturated heterocycles. The number of rotatable bonds is 2. The predicted molar refractivity (Wildman–Crippen MR) is 74.6 cm³/mol. The number of fused-ring (bicyclic) bond motifs is 1. The number of anilines is 1. The van der Waals surface area contributed by atoms with Crippen LogP contribution in [0.25, 0.3) is 10.9 Å². The number of hydrogen-bond acceptors (Lipinski definition) is 3. The zero-order valence-corrected chi connectivity index (χ0v) is 10.9. The lowest BCUT2D eigenvalue weighted by molar-refractivity contribution is 0.100. The van der Waals surface area contributed by atoms with Gasteiger partial charge in [-0.3, -0.25) is 4.79 Å². The quantitative estimate of drug-likeness (QED) is 0.702. The third kappa shape index (κ3) is 1.90. The smallest absolute Gasteiger partial charge is 0.246 e. The lowest BCUT2D eigenvalue weighted by Crippen LogP contribution is -2.03. The van der Waals surface area contributed by atoms with E-state index in [0.717, 1.165) is 10.9 Å². The number of aromatic amines is 1. The molecule has 0 aliphatic rings. The van der Waals surface area contributed by atoms with E-state index < -0.39 is 0 Å². The minimum absolute atomic E-state index is 0.266. The normalized spacial score (nSPS) is 11.1. The summed E-state index contributed by atoms with van der Waals surface area (Å²) in [7, 11) is 0. The minimum Gasteiger partial charge on any atom is -0.458 e. The highest BCUT2D eigenvalue weighted by Gasteiger charge is 2.19.